The molecule has 2 heteroatoms. The Labute approximate surface area is 91.1 Å². The van der Waals surface area contributed by atoms with Crippen LogP contribution in [0, 0.1) is 0 Å². The summed E-state index contributed by atoms with van der Waals surface area (Å²) >= 11 is 3.56. The summed E-state index contributed by atoms with van der Waals surface area (Å²) in [6.07, 6.45) is 12.1. The van der Waals surface area contributed by atoms with Gasteiger partial charge in [-0.2, -0.15) is 0 Å². The fraction of sp³-hybridized carbons (Fsp3) is 1.00. The first kappa shape index (κ1) is 10.1. The first-order valence-electron chi connectivity index (χ1n) is 5.98. The van der Waals surface area contributed by atoms with Crippen molar-refractivity contribution in [3.63, 3.8) is 0 Å². The minimum atomic E-state index is 1.11. The molecule has 0 aliphatic carbocycles. The number of hydrogen-bond donors (Lipinski definition) is 0. The van der Waals surface area contributed by atoms with Crippen LogP contribution < -0.4 is 0 Å². The Kier molecular flexibility index (Phi) is 3.77. The molecule has 74 valence electrons. The monoisotopic (exact) mass is 242 g/mol. The lowest BCUT2D eigenvalue weighted by Gasteiger charge is -2.40. The van der Waals surface area contributed by atoms with Crippen molar-refractivity contribution < 1.29 is 0 Å². The smallest absolute Gasteiger partial charge is 0.0928 e. The first-order chi connectivity index (χ1) is 6.42. The van der Waals surface area contributed by atoms with E-state index >= 15 is 0 Å². The van der Waals surface area contributed by atoms with Crippen molar-refractivity contribution in [1.29, 1.82) is 0 Å². The second-order valence-electron chi connectivity index (χ2n) is 4.88. The summed E-state index contributed by atoms with van der Waals surface area (Å²) in [6, 6.07) is 0. The second-order valence-corrected chi connectivity index (χ2v) is 5.67. The van der Waals surface area contributed by atoms with E-state index in [1.54, 1.807) is 25.7 Å². The van der Waals surface area contributed by atoms with Gasteiger partial charge in [0.15, 0.2) is 0 Å². The number of alkyl halides is 1. The van der Waals surface area contributed by atoms with Gasteiger partial charge in [0.05, 0.1) is 0 Å². The molecule has 0 radical (unpaired) electrons. The van der Waals surface area contributed by atoms with Gasteiger partial charge in [-0.05, 0) is 6.42 Å². The maximum atomic E-state index is 3.56. The molecule has 2 saturated heterocycles. The molecule has 2 heterocycles. The Balaban J connectivity index is 1.90. The zero-order valence-corrected chi connectivity index (χ0v) is 10.1. The van der Waals surface area contributed by atoms with Crippen molar-refractivity contribution in [1.82, 2.24) is 0 Å². The normalized spacial score (nSPS) is 33.5. The molecular formula is C11H20BBr. The van der Waals surface area contributed by atoms with E-state index < -0.39 is 0 Å². The van der Waals surface area contributed by atoms with Crippen molar-refractivity contribution in [2.75, 3.05) is 5.33 Å². The molecule has 2 aliphatic rings. The number of hydrogen-bond acceptors (Lipinski definition) is 0. The molecule has 0 nitrogen and oxygen atoms in total. The quantitative estimate of drug-likeness (QED) is 0.509. The number of fused-ring (bicyclic) bond motifs is 2. The van der Waals surface area contributed by atoms with Gasteiger partial charge in [-0.1, -0.05) is 72.4 Å². The summed E-state index contributed by atoms with van der Waals surface area (Å²) in [7, 11) is 0. The van der Waals surface area contributed by atoms with Crippen LogP contribution in [0.5, 0.6) is 0 Å². The summed E-state index contributed by atoms with van der Waals surface area (Å²) in [5.74, 6) is 2.23. The molecule has 0 spiro atoms. The van der Waals surface area contributed by atoms with E-state index in [2.05, 4.69) is 15.9 Å². The van der Waals surface area contributed by atoms with Crippen molar-refractivity contribution in [2.24, 2.45) is 0 Å². The third-order valence-electron chi connectivity index (χ3n) is 4.18. The van der Waals surface area contributed by atoms with Crippen LogP contribution in [-0.4, -0.2) is 12.0 Å². The molecule has 0 unspecified atom stereocenters. The number of rotatable bonds is 3. The maximum absolute atomic E-state index is 3.56. The van der Waals surface area contributed by atoms with E-state index in [0.717, 1.165) is 18.3 Å². The van der Waals surface area contributed by atoms with E-state index in [4.69, 9.17) is 0 Å². The van der Waals surface area contributed by atoms with Crippen molar-refractivity contribution in [2.45, 2.75) is 62.9 Å². The van der Waals surface area contributed by atoms with Gasteiger partial charge in [0.1, 0.15) is 6.71 Å². The van der Waals surface area contributed by atoms with Gasteiger partial charge in [0.25, 0.3) is 0 Å². The molecule has 2 rings (SSSR count). The van der Waals surface area contributed by atoms with Crippen molar-refractivity contribution >= 4 is 22.6 Å². The predicted octanol–water partition coefficient (Wildman–Crippen LogP) is 4.37. The van der Waals surface area contributed by atoms with Crippen LogP contribution in [0.4, 0.5) is 0 Å². The second kappa shape index (κ2) is 4.86. The molecular weight excluding hydrogens is 223 g/mol. The lowest BCUT2D eigenvalue weighted by molar-refractivity contribution is 0.441. The zero-order valence-electron chi connectivity index (χ0n) is 8.47. The molecule has 0 atom stereocenters. The fourth-order valence-corrected chi connectivity index (χ4v) is 3.92. The molecule has 0 saturated carbocycles. The Morgan fingerprint density at radius 3 is 2.00 bits per heavy atom. The highest BCUT2D eigenvalue weighted by Gasteiger charge is 2.37. The predicted molar refractivity (Wildman–Crippen MR) is 64.2 cm³/mol. The van der Waals surface area contributed by atoms with Crippen LogP contribution in [0.25, 0.3) is 0 Å². The van der Waals surface area contributed by atoms with E-state index in [0.29, 0.717) is 0 Å². The van der Waals surface area contributed by atoms with E-state index in [1.807, 2.05) is 0 Å². The minimum absolute atomic E-state index is 1.11. The van der Waals surface area contributed by atoms with Gasteiger partial charge in [-0.25, -0.2) is 0 Å². The molecule has 2 fully saturated rings. The molecule has 0 N–H and O–H groups in total. The molecule has 2 bridgehead atoms. The topological polar surface area (TPSA) is 0 Å². The van der Waals surface area contributed by atoms with Crippen LogP contribution in [0.1, 0.15) is 44.9 Å². The maximum Gasteiger partial charge on any atom is 0.146 e. The van der Waals surface area contributed by atoms with Gasteiger partial charge >= 0.3 is 0 Å². The summed E-state index contributed by atoms with van der Waals surface area (Å²) < 4.78 is 0. The lowest BCUT2D eigenvalue weighted by Crippen LogP contribution is -2.34. The van der Waals surface area contributed by atoms with Crippen molar-refractivity contribution in [3.05, 3.63) is 0 Å². The highest BCUT2D eigenvalue weighted by Crippen LogP contribution is 2.47. The fourth-order valence-electron chi connectivity index (χ4n) is 3.60. The molecule has 0 aromatic rings. The summed E-state index contributed by atoms with van der Waals surface area (Å²) in [5, 5.41) is 1.21. The molecule has 0 aromatic heterocycles. The average Bonchev–Trinajstić information content (AvgIpc) is 2.14. The third-order valence-corrected chi connectivity index (χ3v) is 4.74. The SMILES string of the molecule is BrCCCB1C2CCCC1CCC2. The summed E-state index contributed by atoms with van der Waals surface area (Å²) in [4.78, 5) is 0. The van der Waals surface area contributed by atoms with Gasteiger partial charge < -0.3 is 0 Å². The standard InChI is InChI=1S/C11H20BBr/c13-9-3-8-12-10-4-1-5-11(12)7-2-6-10/h10-11H,1-9H2. The Hall–Kier alpha value is 0.545. The van der Waals surface area contributed by atoms with Crippen LogP contribution in [-0.2, 0) is 0 Å². The highest BCUT2D eigenvalue weighted by molar-refractivity contribution is 9.09. The van der Waals surface area contributed by atoms with E-state index in [-0.39, 0.29) is 0 Å². The van der Waals surface area contributed by atoms with Gasteiger partial charge in [0, 0.05) is 5.33 Å². The number of halogens is 1. The van der Waals surface area contributed by atoms with Crippen LogP contribution >= 0.6 is 15.9 Å². The largest absolute Gasteiger partial charge is 0.146 e. The van der Waals surface area contributed by atoms with Crippen LogP contribution in [0.15, 0.2) is 0 Å². The summed E-state index contributed by atoms with van der Waals surface area (Å²) in [5.41, 5.74) is 0. The van der Waals surface area contributed by atoms with Crippen molar-refractivity contribution in [3.8, 4) is 0 Å². The summed E-state index contributed by atoms with van der Waals surface area (Å²) in [6.45, 7) is 1.11. The Morgan fingerprint density at radius 1 is 1.00 bits per heavy atom. The zero-order chi connectivity index (χ0) is 9.10. The van der Waals surface area contributed by atoms with Gasteiger partial charge in [-0.3, -0.25) is 0 Å². The molecule has 13 heavy (non-hydrogen) atoms. The first-order valence-corrected chi connectivity index (χ1v) is 7.10. The van der Waals surface area contributed by atoms with Crippen LogP contribution in [0.3, 0.4) is 0 Å². The van der Waals surface area contributed by atoms with Crippen LogP contribution in [0.2, 0.25) is 18.0 Å². The molecule has 2 aliphatic heterocycles. The Morgan fingerprint density at radius 2 is 1.54 bits per heavy atom. The van der Waals surface area contributed by atoms with E-state index in [1.165, 1.54) is 30.9 Å². The van der Waals surface area contributed by atoms with E-state index in [9.17, 15) is 0 Å². The average molecular weight is 243 g/mol. The molecule has 0 aromatic carbocycles. The third kappa shape index (κ3) is 2.32. The minimum Gasteiger partial charge on any atom is -0.0928 e. The van der Waals surface area contributed by atoms with Gasteiger partial charge in [0.2, 0.25) is 0 Å². The lowest BCUT2D eigenvalue weighted by atomic mass is 9.26. The highest BCUT2D eigenvalue weighted by atomic mass is 79.9. The Bertz CT molecular complexity index is 138. The molecule has 0 amide bonds. The van der Waals surface area contributed by atoms with Gasteiger partial charge in [-0.15, -0.1) is 0 Å².